The number of nitriles is 3. The van der Waals surface area contributed by atoms with Crippen LogP contribution in [0.1, 0.15) is 17.0 Å². The average molecular weight is 1110 g/mol. The Balaban J connectivity index is 0.000000360. The van der Waals surface area contributed by atoms with Gasteiger partial charge in [-0.2, -0.15) is 15.8 Å². The van der Waals surface area contributed by atoms with Gasteiger partial charge in [-0.15, -0.1) is 0 Å². The van der Waals surface area contributed by atoms with Gasteiger partial charge in [0.05, 0.1) is 50.2 Å². The maximum atomic E-state index is 13.6. The molecule has 0 aliphatic heterocycles. The molecule has 0 fully saturated rings. The Morgan fingerprint density at radius 3 is 0.845 bits per heavy atom. The van der Waals surface area contributed by atoms with Crippen molar-refractivity contribution in [2.24, 2.45) is 0 Å². The lowest BCUT2D eigenvalue weighted by molar-refractivity contribution is 0.415. The number of halogens is 4. The Morgan fingerprint density at radius 1 is 0.357 bits per heavy atom. The van der Waals surface area contributed by atoms with Gasteiger partial charge in [0.15, 0.2) is 29.2 Å². The van der Waals surface area contributed by atoms with Crippen molar-refractivity contribution in [3.05, 3.63) is 276 Å². The molecule has 10 aromatic rings. The van der Waals surface area contributed by atoms with Gasteiger partial charge < -0.3 is 39.2 Å². The van der Waals surface area contributed by atoms with Crippen molar-refractivity contribution in [3.63, 3.8) is 0 Å². The second-order valence-corrected chi connectivity index (χ2v) is 18.3. The van der Waals surface area contributed by atoms with E-state index in [1.807, 2.05) is 54.6 Å². The second kappa shape index (κ2) is 26.6. The lowest BCUT2D eigenvalue weighted by Crippen LogP contribution is -2.14. The van der Waals surface area contributed by atoms with E-state index in [0.717, 1.165) is 97.4 Å². The summed E-state index contributed by atoms with van der Waals surface area (Å²) in [6.45, 7) is 0. The molecular weight excluding hydrogens is 1060 g/mol. The highest BCUT2D eigenvalue weighted by Crippen LogP contribution is 2.44. The molecule has 0 spiro atoms. The van der Waals surface area contributed by atoms with Crippen LogP contribution in [0.25, 0.3) is 11.0 Å². The summed E-state index contributed by atoms with van der Waals surface area (Å²) in [5.41, 5.74) is 8.15. The molecule has 84 heavy (non-hydrogen) atoms. The highest BCUT2D eigenvalue weighted by molar-refractivity contribution is 5.99. The fraction of sp³-hybridized carbons (Fsp3) is 0.0580. The van der Waals surface area contributed by atoms with Crippen LogP contribution in [0.4, 0.5) is 85.8 Å². The van der Waals surface area contributed by atoms with Crippen LogP contribution in [-0.4, -0.2) is 27.2 Å². The van der Waals surface area contributed by atoms with Crippen LogP contribution in [0.3, 0.4) is 0 Å². The Kier molecular flexibility index (Phi) is 18.1. The summed E-state index contributed by atoms with van der Waals surface area (Å²) < 4.78 is 71.5. The maximum Gasteiger partial charge on any atom is 0.171 e. The zero-order valence-corrected chi connectivity index (χ0v) is 45.4. The normalized spacial score (nSPS) is 10.4. The van der Waals surface area contributed by atoms with Gasteiger partial charge >= 0.3 is 0 Å². The first-order valence-electron chi connectivity index (χ1n) is 25.9. The van der Waals surface area contributed by atoms with Crippen LogP contribution in [0.5, 0.6) is 17.2 Å². The van der Waals surface area contributed by atoms with Crippen LogP contribution in [-0.2, 0) is 0 Å². The first kappa shape index (κ1) is 57.1. The molecule has 0 amide bonds. The number of ether oxygens (including phenoxy) is 3. The molecule has 0 radical (unpaired) electrons. The number of methoxy groups -OCH3 is 3. The largest absolute Gasteiger partial charge is 0.762 e. The van der Waals surface area contributed by atoms with Gasteiger partial charge in [0.25, 0.3) is 0 Å². The molecule has 0 aliphatic carbocycles. The van der Waals surface area contributed by atoms with E-state index < -0.39 is 45.9 Å². The minimum Gasteiger partial charge on any atom is -0.762 e. The standard InChI is InChI=1S/C57H48N4O3.C12HF4N4/c1-62-55-25-13-22-52(40-55)59(43-16-7-4-8-17-43)49-34-28-46(29-35-49)58(47-30-36-50(37-31-47)60(44-18-9-5-10-19-44)53-23-14-26-56(41-53)63-2)48-32-38-51(39-33-48)61(45-20-11-6-12-21-45)54-24-15-27-57(42-54)64-3;13-9-7(5(1-17)2-18)10(14)12(16)8(11(9)15)6(3-19)4-20/h4-42H,1-3H3;5H/q;-1. The average Bonchev–Trinajstić information content (AvgIpc) is 3.22. The van der Waals surface area contributed by atoms with E-state index in [4.69, 9.17) is 35.4 Å². The number of benzene rings is 10. The Labute approximate surface area is 483 Å². The van der Waals surface area contributed by atoms with Gasteiger partial charge in [-0.1, -0.05) is 72.8 Å². The summed E-state index contributed by atoms with van der Waals surface area (Å²) in [7, 11) is 5.10. The topological polar surface area (TPSA) is 134 Å². The van der Waals surface area contributed by atoms with Crippen LogP contribution in [0, 0.1) is 57.3 Å². The van der Waals surface area contributed by atoms with Gasteiger partial charge in [0.2, 0.25) is 0 Å². The van der Waals surface area contributed by atoms with E-state index in [0.29, 0.717) is 0 Å². The Hall–Kier alpha value is -11.6. The van der Waals surface area contributed by atoms with Crippen molar-refractivity contribution < 1.29 is 31.8 Å². The van der Waals surface area contributed by atoms with Crippen molar-refractivity contribution in [1.29, 1.82) is 15.8 Å². The maximum absolute atomic E-state index is 13.6. The number of anilines is 12. The minimum atomic E-state index is -2.07. The van der Waals surface area contributed by atoms with Gasteiger partial charge in [-0.25, -0.2) is 23.4 Å². The molecule has 10 aromatic carbocycles. The quantitative estimate of drug-likeness (QED) is 0.0375. The molecule has 0 atom stereocenters. The predicted molar refractivity (Wildman–Crippen MR) is 322 cm³/mol. The summed E-state index contributed by atoms with van der Waals surface area (Å²) in [4.78, 5) is 9.03. The summed E-state index contributed by atoms with van der Waals surface area (Å²) >= 11 is 0. The van der Waals surface area contributed by atoms with E-state index in [1.54, 1.807) is 21.3 Å². The third-order valence-electron chi connectivity index (χ3n) is 13.4. The zero-order chi connectivity index (χ0) is 59.1. The van der Waals surface area contributed by atoms with Crippen molar-refractivity contribution in [1.82, 2.24) is 0 Å². The van der Waals surface area contributed by atoms with Gasteiger partial charge in [-0.3, -0.25) is 0 Å². The van der Waals surface area contributed by atoms with Crippen LogP contribution in [0.15, 0.2) is 237 Å². The minimum absolute atomic E-state index is 0.794. The molecule has 0 heterocycles. The number of hydrogen-bond donors (Lipinski definition) is 0. The first-order valence-corrected chi connectivity index (χ1v) is 25.9. The third kappa shape index (κ3) is 12.3. The molecular formula is C69H49F4N8O3-. The van der Waals surface area contributed by atoms with Gasteiger partial charge in [0, 0.05) is 86.4 Å². The Bertz CT molecular complexity index is 3730. The molecule has 15 heteroatoms. The van der Waals surface area contributed by atoms with Crippen molar-refractivity contribution >= 4 is 79.7 Å². The smallest absolute Gasteiger partial charge is 0.171 e. The van der Waals surface area contributed by atoms with Crippen LogP contribution in [0.2, 0.25) is 0 Å². The molecule has 10 rings (SSSR count). The highest BCUT2D eigenvalue weighted by Gasteiger charge is 2.31. The molecule has 0 unspecified atom stereocenters. The van der Waals surface area contributed by atoms with Gasteiger partial charge in [0.1, 0.15) is 23.3 Å². The fourth-order valence-electron chi connectivity index (χ4n) is 9.44. The summed E-state index contributed by atoms with van der Waals surface area (Å²) in [6.07, 6.45) is 0. The molecule has 0 bridgehead atoms. The highest BCUT2D eigenvalue weighted by atomic mass is 19.2. The van der Waals surface area contributed by atoms with E-state index in [2.05, 4.69) is 202 Å². The predicted octanol–water partition coefficient (Wildman–Crippen LogP) is 18.1. The molecule has 0 aliphatic rings. The number of hydrogen-bond acceptors (Lipinski definition) is 10. The number of rotatable bonds is 17. The molecule has 0 aromatic heterocycles. The monoisotopic (exact) mass is 1110 g/mol. The third-order valence-corrected chi connectivity index (χ3v) is 13.4. The van der Waals surface area contributed by atoms with Crippen molar-refractivity contribution in [2.45, 2.75) is 5.92 Å². The van der Waals surface area contributed by atoms with Gasteiger partial charge in [-0.05, 0) is 146 Å². The van der Waals surface area contributed by atoms with Crippen molar-refractivity contribution in [2.75, 3.05) is 40.9 Å². The van der Waals surface area contributed by atoms with Crippen LogP contribution >= 0.6 is 0 Å². The number of nitrogens with zero attached hydrogens (tertiary/aromatic N) is 8. The van der Waals surface area contributed by atoms with E-state index in [9.17, 15) is 17.6 Å². The lowest BCUT2D eigenvalue weighted by atomic mass is 9.96. The molecule has 0 N–H and O–H groups in total. The summed E-state index contributed by atoms with van der Waals surface area (Å²) in [5, 5.41) is 34.0. The lowest BCUT2D eigenvalue weighted by Gasteiger charge is -2.30. The summed E-state index contributed by atoms with van der Waals surface area (Å²) in [6, 6.07) is 85.3. The fourth-order valence-corrected chi connectivity index (χ4v) is 9.44. The van der Waals surface area contributed by atoms with E-state index in [-0.39, 0.29) is 0 Å². The second-order valence-electron chi connectivity index (χ2n) is 18.3. The number of para-hydroxylation sites is 3. The molecule has 412 valence electrons. The van der Waals surface area contributed by atoms with Crippen molar-refractivity contribution in [3.8, 4) is 35.5 Å². The SMILES string of the molecule is COc1cccc(N(c2ccccc2)c2ccc(N(c3ccc(N(c4ccccc4)c4cccc(OC)c4)cc3)c3ccc(N(c4ccccc4)c4cccc(OC)c4)cc3)cc2)c1.N#CC(=C=[N-])c1c(F)c(F)c(C(C#N)C#N)c(F)c1F. The van der Waals surface area contributed by atoms with E-state index >= 15 is 0 Å². The molecule has 0 saturated carbocycles. The molecule has 11 nitrogen and oxygen atoms in total. The van der Waals surface area contributed by atoms with Crippen LogP contribution < -0.4 is 33.8 Å². The summed E-state index contributed by atoms with van der Waals surface area (Å²) in [5.74, 6) is -6.59. The number of allylic oxidation sites excluding steroid dienone is 1. The van der Waals surface area contributed by atoms with E-state index in [1.165, 1.54) is 12.1 Å². The molecule has 0 saturated heterocycles. The Morgan fingerprint density at radius 2 is 0.607 bits per heavy atom. The first-order chi connectivity index (χ1) is 41.0. The zero-order valence-electron chi connectivity index (χ0n) is 45.4.